The molecule has 0 atom stereocenters. The van der Waals surface area contributed by atoms with E-state index in [0.717, 1.165) is 0 Å². The molecule has 11 aromatic carbocycles. The molecule has 0 saturated carbocycles. The molecule has 72 heavy (non-hydrogen) atoms. The van der Waals surface area contributed by atoms with Crippen LogP contribution in [0.1, 0.15) is 52.7 Å². The first kappa shape index (κ1) is 42.9. The second-order valence-electron chi connectivity index (χ2n) is 22.0. The smallest absolute Gasteiger partial charge is 0.264 e. The molecule has 1 aromatic heterocycles. The molecule has 0 radical (unpaired) electrons. The molecule has 0 amide bonds. The van der Waals surface area contributed by atoms with Gasteiger partial charge in [0.05, 0.1) is 17.1 Å². The van der Waals surface area contributed by atoms with Crippen molar-refractivity contribution >= 4 is 110 Å². The summed E-state index contributed by atoms with van der Waals surface area (Å²) < 4.78 is 2.68. The van der Waals surface area contributed by atoms with Crippen LogP contribution in [0.4, 0.5) is 34.1 Å². The fourth-order valence-corrected chi connectivity index (χ4v) is 13.6. The minimum atomic E-state index is -0.177. The highest BCUT2D eigenvalue weighted by Gasteiger charge is 2.47. The SMILES string of the molecule is CC(C)(C)c1cc2c3c(c1)N(c1ccccc1-c1ccccc1)c1c(sc4ccccc14)B3c1cc(C(C)(C)C)c(-c3ccccc3)cc1N2c1ccccc1-c1cc2cccc3ccc4cccc1c4c32. The first-order chi connectivity index (χ1) is 35.0. The highest BCUT2D eigenvalue weighted by atomic mass is 32.1. The molecule has 0 N–H and O–H groups in total. The van der Waals surface area contributed by atoms with Gasteiger partial charge in [0, 0.05) is 43.1 Å². The summed E-state index contributed by atoms with van der Waals surface area (Å²) >= 11 is 1.97. The van der Waals surface area contributed by atoms with Crippen LogP contribution in [0.2, 0.25) is 0 Å². The maximum Gasteiger partial charge on any atom is 0.264 e. The van der Waals surface area contributed by atoms with Crippen LogP contribution in [0.5, 0.6) is 0 Å². The second-order valence-corrected chi connectivity index (χ2v) is 23.1. The summed E-state index contributed by atoms with van der Waals surface area (Å²) in [4.78, 5) is 5.33. The summed E-state index contributed by atoms with van der Waals surface area (Å²) in [5.74, 6) is 0. The number of benzene rings is 11. The first-order valence-electron chi connectivity index (χ1n) is 25.5. The van der Waals surface area contributed by atoms with Gasteiger partial charge in [-0.3, -0.25) is 0 Å². The molecule has 0 bridgehead atoms. The van der Waals surface area contributed by atoms with Gasteiger partial charge in [0.2, 0.25) is 0 Å². The van der Waals surface area contributed by atoms with Gasteiger partial charge in [-0.25, -0.2) is 0 Å². The lowest BCUT2D eigenvalue weighted by Gasteiger charge is -2.45. The monoisotopic (exact) mass is 940 g/mol. The fourth-order valence-electron chi connectivity index (χ4n) is 12.3. The number of thiophene rings is 1. The predicted molar refractivity (Wildman–Crippen MR) is 313 cm³/mol. The van der Waals surface area contributed by atoms with E-state index in [9.17, 15) is 0 Å². The molecule has 2 aliphatic heterocycles. The molecule has 0 saturated heterocycles. The Balaban J connectivity index is 1.15. The van der Waals surface area contributed by atoms with Crippen molar-refractivity contribution in [2.75, 3.05) is 9.80 Å². The van der Waals surface area contributed by atoms with Crippen LogP contribution in [0, 0.1) is 0 Å². The Morgan fingerprint density at radius 3 is 1.67 bits per heavy atom. The second kappa shape index (κ2) is 15.8. The van der Waals surface area contributed by atoms with Crippen molar-refractivity contribution in [2.45, 2.75) is 52.4 Å². The Morgan fingerprint density at radius 1 is 0.389 bits per heavy atom. The van der Waals surface area contributed by atoms with E-state index < -0.39 is 0 Å². The van der Waals surface area contributed by atoms with Gasteiger partial charge in [0.15, 0.2) is 0 Å². The van der Waals surface area contributed by atoms with Crippen molar-refractivity contribution in [3.05, 3.63) is 223 Å². The predicted octanol–water partition coefficient (Wildman–Crippen LogP) is 17.5. The van der Waals surface area contributed by atoms with E-state index in [1.54, 1.807) is 0 Å². The lowest BCUT2D eigenvalue weighted by Crippen LogP contribution is -2.60. The lowest BCUT2D eigenvalue weighted by molar-refractivity contribution is 0.590. The maximum absolute atomic E-state index is 2.68. The number of nitrogens with zero attached hydrogens (tertiary/aromatic N) is 2. The average molecular weight is 941 g/mol. The largest absolute Gasteiger partial charge is 0.311 e. The van der Waals surface area contributed by atoms with Gasteiger partial charge < -0.3 is 9.80 Å². The van der Waals surface area contributed by atoms with Gasteiger partial charge in [-0.1, -0.05) is 211 Å². The van der Waals surface area contributed by atoms with Crippen LogP contribution in [0.15, 0.2) is 212 Å². The molecule has 2 nitrogen and oxygen atoms in total. The molecule has 2 aliphatic rings. The summed E-state index contributed by atoms with van der Waals surface area (Å²) in [6.45, 7) is 14.2. The van der Waals surface area contributed by atoms with Gasteiger partial charge in [0.1, 0.15) is 0 Å². The van der Waals surface area contributed by atoms with E-state index in [1.807, 2.05) is 11.3 Å². The standard InChI is InChI=1S/C68H53BN2S/c1-67(2,3)47-38-59-64-60(39-47)71(56-32-16-13-28-48(56)42-21-9-7-10-22-42)65-51-30-15-18-34-61(51)72-66(65)69(64)55-41-54(68(4,5)6)52(43-23-11-8-12-24-43)40-58(55)70(59)57-33-17-14-29-49(57)53-37-46-27-19-25-44-35-36-45-26-20-31-50(53)63(45)62(44)46/h7-41H,1-6H3. The highest BCUT2D eigenvalue weighted by molar-refractivity contribution is 7.33. The lowest BCUT2D eigenvalue weighted by atomic mass is 9.35. The van der Waals surface area contributed by atoms with E-state index >= 15 is 0 Å². The van der Waals surface area contributed by atoms with Crippen LogP contribution >= 0.6 is 11.3 Å². The molecule has 4 heteroatoms. The molecule has 0 aliphatic carbocycles. The van der Waals surface area contributed by atoms with E-state index in [1.165, 1.54) is 137 Å². The quantitative estimate of drug-likeness (QED) is 0.125. The third-order valence-electron chi connectivity index (χ3n) is 15.6. The minimum absolute atomic E-state index is 0.0342. The topological polar surface area (TPSA) is 6.48 Å². The zero-order valence-corrected chi connectivity index (χ0v) is 42.4. The Labute approximate surface area is 426 Å². The molecular formula is C68H53BN2S. The van der Waals surface area contributed by atoms with Crippen LogP contribution in [0.25, 0.3) is 75.8 Å². The highest BCUT2D eigenvalue weighted by Crippen LogP contribution is 2.53. The normalized spacial score (nSPS) is 13.3. The van der Waals surface area contributed by atoms with E-state index in [4.69, 9.17) is 0 Å². The van der Waals surface area contributed by atoms with Crippen LogP contribution in [-0.4, -0.2) is 6.71 Å². The van der Waals surface area contributed by atoms with Gasteiger partial charge >= 0.3 is 0 Å². The van der Waals surface area contributed by atoms with Crippen molar-refractivity contribution in [2.24, 2.45) is 0 Å². The van der Waals surface area contributed by atoms with E-state index in [0.29, 0.717) is 0 Å². The fraction of sp³-hybridized carbons (Fsp3) is 0.118. The summed E-state index contributed by atoms with van der Waals surface area (Å²) in [7, 11) is 0. The van der Waals surface area contributed by atoms with Crippen LogP contribution in [0.3, 0.4) is 0 Å². The molecule has 0 unspecified atom stereocenters. The summed E-state index contributed by atoms with van der Waals surface area (Å²) in [6, 6.07) is 80.4. The van der Waals surface area contributed by atoms with Gasteiger partial charge in [-0.15, -0.1) is 11.3 Å². The van der Waals surface area contributed by atoms with Crippen molar-refractivity contribution in [3.63, 3.8) is 0 Å². The number of anilines is 6. The Morgan fingerprint density at radius 2 is 0.958 bits per heavy atom. The van der Waals surface area contributed by atoms with Crippen LogP contribution < -0.4 is 25.5 Å². The maximum atomic E-state index is 2.68. The number of fused-ring (bicyclic) bond motifs is 6. The molecule has 0 spiro atoms. The van der Waals surface area contributed by atoms with Crippen molar-refractivity contribution in [1.82, 2.24) is 0 Å². The van der Waals surface area contributed by atoms with Gasteiger partial charge in [0.25, 0.3) is 6.71 Å². The van der Waals surface area contributed by atoms with Crippen molar-refractivity contribution < 1.29 is 0 Å². The molecule has 0 fully saturated rings. The summed E-state index contributed by atoms with van der Waals surface area (Å²) in [6.07, 6.45) is 0. The molecule has 344 valence electrons. The summed E-state index contributed by atoms with van der Waals surface area (Å²) in [5.41, 5.74) is 19.7. The molecule has 12 aromatic rings. The van der Waals surface area contributed by atoms with Crippen molar-refractivity contribution in [1.29, 1.82) is 0 Å². The van der Waals surface area contributed by atoms with Crippen molar-refractivity contribution in [3.8, 4) is 33.4 Å². The Hall–Kier alpha value is -7.92. The minimum Gasteiger partial charge on any atom is -0.311 e. The molecule has 14 rings (SSSR count). The zero-order chi connectivity index (χ0) is 48.6. The van der Waals surface area contributed by atoms with Crippen LogP contribution in [-0.2, 0) is 10.8 Å². The first-order valence-corrected chi connectivity index (χ1v) is 26.3. The average Bonchev–Trinajstić information content (AvgIpc) is 3.79. The Kier molecular flexibility index (Phi) is 9.41. The molecular weight excluding hydrogens is 888 g/mol. The number of para-hydroxylation sites is 2. The number of rotatable bonds is 5. The zero-order valence-electron chi connectivity index (χ0n) is 41.6. The third-order valence-corrected chi connectivity index (χ3v) is 16.9. The van der Waals surface area contributed by atoms with Gasteiger partial charge in [-0.05, 0) is 130 Å². The number of hydrogen-bond acceptors (Lipinski definition) is 3. The number of hydrogen-bond donors (Lipinski definition) is 0. The third kappa shape index (κ3) is 6.41. The van der Waals surface area contributed by atoms with E-state index in [2.05, 4.69) is 264 Å². The summed E-state index contributed by atoms with van der Waals surface area (Å²) in [5, 5.41) is 9.03. The van der Waals surface area contributed by atoms with E-state index in [-0.39, 0.29) is 17.5 Å². The Bertz CT molecular complexity index is 4140. The molecule has 3 heterocycles. The van der Waals surface area contributed by atoms with Gasteiger partial charge in [-0.2, -0.15) is 0 Å².